The standard InChI is InChI=1S/C21H22BrClN4O4/c1-12(2)19(26-20(29)13-4-3-5-16(23)9-13)21(30)27-25-10-14-8-15(22)6-7-17(14)31-11-18(24)28/h3-10,12,19H,11H2,1-2H3,(H2,24,28)(H,26,29)(H,27,30)/b25-10+. The average molecular weight is 510 g/mol. The lowest BCUT2D eigenvalue weighted by atomic mass is 10.0. The second-order valence-corrected chi connectivity index (χ2v) is 8.23. The van der Waals surface area contributed by atoms with E-state index in [1.807, 2.05) is 0 Å². The van der Waals surface area contributed by atoms with Crippen LogP contribution >= 0.6 is 27.5 Å². The van der Waals surface area contributed by atoms with Gasteiger partial charge in [0, 0.05) is 20.6 Å². The SMILES string of the molecule is CC(C)C(NC(=O)c1cccc(Cl)c1)C(=O)N/N=C/c1cc(Br)ccc1OCC(N)=O. The smallest absolute Gasteiger partial charge is 0.262 e. The molecule has 0 heterocycles. The third kappa shape index (κ3) is 7.69. The van der Waals surface area contributed by atoms with Gasteiger partial charge in [-0.2, -0.15) is 5.10 Å². The number of nitrogens with two attached hydrogens (primary N) is 1. The van der Waals surface area contributed by atoms with E-state index in [-0.39, 0.29) is 12.5 Å². The molecule has 0 aliphatic carbocycles. The highest BCUT2D eigenvalue weighted by atomic mass is 79.9. The van der Waals surface area contributed by atoms with Gasteiger partial charge < -0.3 is 15.8 Å². The number of nitrogens with zero attached hydrogens (tertiary/aromatic N) is 1. The van der Waals surface area contributed by atoms with Crippen LogP contribution in [0.25, 0.3) is 0 Å². The Bertz CT molecular complexity index is 997. The summed E-state index contributed by atoms with van der Waals surface area (Å²) >= 11 is 9.26. The van der Waals surface area contributed by atoms with Crippen LogP contribution in [0.3, 0.4) is 0 Å². The van der Waals surface area contributed by atoms with Crippen LogP contribution in [-0.4, -0.2) is 36.6 Å². The van der Waals surface area contributed by atoms with Crippen molar-refractivity contribution < 1.29 is 19.1 Å². The number of nitrogens with one attached hydrogen (secondary N) is 2. The predicted octanol–water partition coefficient (Wildman–Crippen LogP) is 2.87. The van der Waals surface area contributed by atoms with Gasteiger partial charge in [0.15, 0.2) is 6.61 Å². The van der Waals surface area contributed by atoms with E-state index in [9.17, 15) is 14.4 Å². The first-order valence-corrected chi connectivity index (χ1v) is 10.4. The fraction of sp³-hybridized carbons (Fsp3) is 0.238. The molecule has 31 heavy (non-hydrogen) atoms. The number of hydrazone groups is 1. The molecule has 2 aromatic rings. The highest BCUT2D eigenvalue weighted by Gasteiger charge is 2.24. The first-order chi connectivity index (χ1) is 14.7. The van der Waals surface area contributed by atoms with Crippen LogP contribution in [0, 0.1) is 5.92 Å². The summed E-state index contributed by atoms with van der Waals surface area (Å²) in [6.07, 6.45) is 1.37. The zero-order valence-corrected chi connectivity index (χ0v) is 19.2. The number of carbonyl (C=O) groups is 3. The predicted molar refractivity (Wildman–Crippen MR) is 122 cm³/mol. The Balaban J connectivity index is 2.08. The summed E-state index contributed by atoms with van der Waals surface area (Å²) in [7, 11) is 0. The van der Waals surface area contributed by atoms with Gasteiger partial charge in [0.05, 0.1) is 6.21 Å². The molecule has 2 rings (SSSR count). The van der Waals surface area contributed by atoms with Crippen molar-refractivity contribution in [3.63, 3.8) is 0 Å². The average Bonchev–Trinajstić information content (AvgIpc) is 2.70. The van der Waals surface area contributed by atoms with Gasteiger partial charge in [0.1, 0.15) is 11.8 Å². The summed E-state index contributed by atoms with van der Waals surface area (Å²) in [5.74, 6) is -1.35. The van der Waals surface area contributed by atoms with Gasteiger partial charge in [0.25, 0.3) is 17.7 Å². The monoisotopic (exact) mass is 508 g/mol. The summed E-state index contributed by atoms with van der Waals surface area (Å²) in [4.78, 5) is 36.0. The van der Waals surface area contributed by atoms with Crippen LogP contribution in [0.4, 0.5) is 0 Å². The van der Waals surface area contributed by atoms with Crippen molar-refractivity contribution in [3.05, 3.63) is 63.1 Å². The molecule has 4 N–H and O–H groups in total. The fourth-order valence-corrected chi connectivity index (χ4v) is 3.09. The highest BCUT2D eigenvalue weighted by Crippen LogP contribution is 2.21. The van der Waals surface area contributed by atoms with Crippen molar-refractivity contribution in [2.24, 2.45) is 16.8 Å². The van der Waals surface area contributed by atoms with E-state index in [1.54, 1.807) is 50.2 Å². The van der Waals surface area contributed by atoms with Crippen molar-refractivity contribution in [2.45, 2.75) is 19.9 Å². The van der Waals surface area contributed by atoms with Crippen molar-refractivity contribution in [2.75, 3.05) is 6.61 Å². The van der Waals surface area contributed by atoms with Crippen molar-refractivity contribution in [1.29, 1.82) is 0 Å². The number of carbonyl (C=O) groups excluding carboxylic acids is 3. The van der Waals surface area contributed by atoms with E-state index in [0.717, 1.165) is 4.47 Å². The van der Waals surface area contributed by atoms with Gasteiger partial charge >= 0.3 is 0 Å². The number of rotatable bonds is 9. The molecule has 3 amide bonds. The van der Waals surface area contributed by atoms with E-state index in [4.69, 9.17) is 22.1 Å². The van der Waals surface area contributed by atoms with Crippen LogP contribution in [0.2, 0.25) is 5.02 Å². The molecule has 0 saturated carbocycles. The molecule has 10 heteroatoms. The Morgan fingerprint density at radius 3 is 2.61 bits per heavy atom. The minimum atomic E-state index is -0.822. The lowest BCUT2D eigenvalue weighted by Crippen LogP contribution is -2.48. The number of primary amides is 1. The summed E-state index contributed by atoms with van der Waals surface area (Å²) in [6, 6.07) is 10.7. The topological polar surface area (TPSA) is 123 Å². The summed E-state index contributed by atoms with van der Waals surface area (Å²) in [5, 5.41) is 7.07. The number of amides is 3. The molecule has 0 aliphatic rings. The molecule has 8 nitrogen and oxygen atoms in total. The maximum absolute atomic E-state index is 12.6. The largest absolute Gasteiger partial charge is 0.483 e. The van der Waals surface area contributed by atoms with E-state index >= 15 is 0 Å². The van der Waals surface area contributed by atoms with Crippen molar-refractivity contribution in [1.82, 2.24) is 10.7 Å². The number of halogens is 2. The molecule has 0 radical (unpaired) electrons. The van der Waals surface area contributed by atoms with E-state index < -0.39 is 23.8 Å². The molecule has 1 unspecified atom stereocenters. The maximum Gasteiger partial charge on any atom is 0.262 e. The molecule has 1 atom stereocenters. The molecule has 0 aromatic heterocycles. The van der Waals surface area contributed by atoms with Crippen LogP contribution in [-0.2, 0) is 9.59 Å². The molecule has 0 fully saturated rings. The van der Waals surface area contributed by atoms with Crippen LogP contribution in [0.15, 0.2) is 52.0 Å². The zero-order chi connectivity index (χ0) is 23.0. The molecular formula is C21H22BrClN4O4. The molecule has 2 aromatic carbocycles. The summed E-state index contributed by atoms with van der Waals surface area (Å²) in [5.41, 5.74) is 8.39. The third-order valence-electron chi connectivity index (χ3n) is 4.04. The Hall–Kier alpha value is -2.91. The van der Waals surface area contributed by atoms with Gasteiger partial charge in [0.2, 0.25) is 0 Å². The van der Waals surface area contributed by atoms with Gasteiger partial charge in [-0.1, -0.05) is 47.4 Å². The lowest BCUT2D eigenvalue weighted by molar-refractivity contribution is -0.124. The normalized spacial score (nSPS) is 11.9. The molecular weight excluding hydrogens is 488 g/mol. The van der Waals surface area contributed by atoms with Gasteiger partial charge in [-0.15, -0.1) is 0 Å². The molecule has 0 spiro atoms. The minimum Gasteiger partial charge on any atom is -0.483 e. The minimum absolute atomic E-state index is 0.196. The van der Waals surface area contributed by atoms with Crippen LogP contribution < -0.4 is 21.2 Å². The summed E-state index contributed by atoms with van der Waals surface area (Å²) in [6.45, 7) is 3.31. The molecule has 0 saturated heterocycles. The first kappa shape index (κ1) is 24.4. The number of ether oxygens (including phenoxy) is 1. The zero-order valence-electron chi connectivity index (χ0n) is 16.9. The number of hydrogen-bond acceptors (Lipinski definition) is 5. The Labute approximate surface area is 193 Å². The Morgan fingerprint density at radius 1 is 1.23 bits per heavy atom. The van der Waals surface area contributed by atoms with Gasteiger partial charge in [-0.05, 0) is 42.3 Å². The second kappa shape index (κ2) is 11.5. The first-order valence-electron chi connectivity index (χ1n) is 9.27. The van der Waals surface area contributed by atoms with E-state index in [1.165, 1.54) is 12.3 Å². The van der Waals surface area contributed by atoms with Crippen LogP contribution in [0.5, 0.6) is 5.75 Å². The van der Waals surface area contributed by atoms with E-state index in [2.05, 4.69) is 31.8 Å². The fourth-order valence-electron chi connectivity index (χ4n) is 2.52. The Morgan fingerprint density at radius 2 is 1.97 bits per heavy atom. The number of hydrogen-bond donors (Lipinski definition) is 3. The molecule has 0 aliphatic heterocycles. The van der Waals surface area contributed by atoms with Crippen molar-refractivity contribution in [3.8, 4) is 5.75 Å². The van der Waals surface area contributed by atoms with Crippen molar-refractivity contribution >= 4 is 51.5 Å². The lowest BCUT2D eigenvalue weighted by Gasteiger charge is -2.20. The quantitative estimate of drug-likeness (QED) is 0.355. The van der Waals surface area contributed by atoms with Gasteiger partial charge in [-0.3, -0.25) is 14.4 Å². The maximum atomic E-state index is 12.6. The highest BCUT2D eigenvalue weighted by molar-refractivity contribution is 9.10. The number of benzene rings is 2. The Kier molecular flexibility index (Phi) is 9.02. The van der Waals surface area contributed by atoms with Gasteiger partial charge in [-0.25, -0.2) is 5.43 Å². The van der Waals surface area contributed by atoms with E-state index in [0.29, 0.717) is 21.9 Å². The molecule has 164 valence electrons. The molecule has 0 bridgehead atoms. The summed E-state index contributed by atoms with van der Waals surface area (Å²) < 4.78 is 6.09. The second-order valence-electron chi connectivity index (χ2n) is 6.88. The third-order valence-corrected chi connectivity index (χ3v) is 4.77. The van der Waals surface area contributed by atoms with Crippen LogP contribution in [0.1, 0.15) is 29.8 Å².